The van der Waals surface area contributed by atoms with Gasteiger partial charge >= 0.3 is 5.97 Å². The number of carbonyl (C=O) groups is 3. The molecule has 7 nitrogen and oxygen atoms in total. The lowest BCUT2D eigenvalue weighted by Crippen LogP contribution is -2.36. The largest absolute Gasteiger partial charge is 0.482 e. The highest BCUT2D eigenvalue weighted by molar-refractivity contribution is 5.97. The van der Waals surface area contributed by atoms with E-state index in [-0.39, 0.29) is 30.6 Å². The van der Waals surface area contributed by atoms with Crippen LogP contribution in [0.1, 0.15) is 21.5 Å². The van der Waals surface area contributed by atoms with Crippen LogP contribution < -0.4 is 10.1 Å². The van der Waals surface area contributed by atoms with Gasteiger partial charge in [0.25, 0.3) is 11.8 Å². The lowest BCUT2D eigenvalue weighted by molar-refractivity contribution is -0.135. The third-order valence-corrected chi connectivity index (χ3v) is 5.26. The summed E-state index contributed by atoms with van der Waals surface area (Å²) in [5.74, 6) is -0.764. The lowest BCUT2D eigenvalue weighted by Gasteiger charge is -2.23. The Morgan fingerprint density at radius 1 is 0.939 bits per heavy atom. The van der Waals surface area contributed by atoms with E-state index >= 15 is 0 Å². The molecular formula is C26H24N2O5. The average Bonchev–Trinajstić information content (AvgIpc) is 2.85. The van der Waals surface area contributed by atoms with Crippen molar-refractivity contribution in [2.45, 2.75) is 13.0 Å². The highest BCUT2D eigenvalue weighted by Gasteiger charge is 2.20. The van der Waals surface area contributed by atoms with Gasteiger partial charge in [-0.25, -0.2) is 4.79 Å². The van der Waals surface area contributed by atoms with Crippen LogP contribution in [0, 0.1) is 0 Å². The van der Waals surface area contributed by atoms with E-state index in [1.165, 1.54) is 12.1 Å². The van der Waals surface area contributed by atoms with Crippen LogP contribution in [0.25, 0.3) is 0 Å². The summed E-state index contributed by atoms with van der Waals surface area (Å²) < 4.78 is 10.6. The Balaban J connectivity index is 1.39. The Morgan fingerprint density at radius 3 is 2.36 bits per heavy atom. The maximum absolute atomic E-state index is 12.9. The summed E-state index contributed by atoms with van der Waals surface area (Å²) in [6.07, 6.45) is 0.696. The SMILES string of the molecule is O=C1COc2cc(C(=O)OCC(=O)N(CCc3ccccc3)Cc3ccccc3)ccc2N1. The minimum absolute atomic E-state index is 0.111. The molecule has 33 heavy (non-hydrogen) atoms. The van der Waals surface area contributed by atoms with Crippen LogP contribution in [0.3, 0.4) is 0 Å². The van der Waals surface area contributed by atoms with Crippen molar-refractivity contribution in [3.63, 3.8) is 0 Å². The third-order valence-electron chi connectivity index (χ3n) is 5.26. The predicted octanol–water partition coefficient (Wildman–Crippen LogP) is 3.45. The summed E-state index contributed by atoms with van der Waals surface area (Å²) in [5, 5.41) is 2.67. The molecular weight excluding hydrogens is 420 g/mol. The number of rotatable bonds is 8. The molecule has 0 aliphatic carbocycles. The van der Waals surface area contributed by atoms with E-state index in [1.807, 2.05) is 60.7 Å². The van der Waals surface area contributed by atoms with Crippen LogP contribution in [0.5, 0.6) is 5.75 Å². The number of fused-ring (bicyclic) bond motifs is 1. The summed E-state index contributed by atoms with van der Waals surface area (Å²) in [7, 11) is 0. The number of benzene rings is 3. The summed E-state index contributed by atoms with van der Waals surface area (Å²) >= 11 is 0. The van der Waals surface area contributed by atoms with Gasteiger partial charge in [-0.2, -0.15) is 0 Å². The number of hydrogen-bond donors (Lipinski definition) is 1. The van der Waals surface area contributed by atoms with E-state index in [1.54, 1.807) is 11.0 Å². The Bertz CT molecular complexity index is 1130. The number of nitrogens with one attached hydrogen (secondary N) is 1. The maximum atomic E-state index is 12.9. The van der Waals surface area contributed by atoms with Crippen molar-refractivity contribution in [1.29, 1.82) is 0 Å². The van der Waals surface area contributed by atoms with Crippen molar-refractivity contribution in [3.05, 3.63) is 95.6 Å². The number of hydrogen-bond acceptors (Lipinski definition) is 5. The van der Waals surface area contributed by atoms with E-state index in [0.717, 1.165) is 11.1 Å². The number of esters is 1. The van der Waals surface area contributed by atoms with Crippen LogP contribution in [-0.2, 0) is 27.3 Å². The monoisotopic (exact) mass is 444 g/mol. The van der Waals surface area contributed by atoms with Crippen molar-refractivity contribution in [1.82, 2.24) is 4.90 Å². The van der Waals surface area contributed by atoms with Gasteiger partial charge < -0.3 is 19.7 Å². The molecule has 0 saturated carbocycles. The Morgan fingerprint density at radius 2 is 1.64 bits per heavy atom. The van der Waals surface area contributed by atoms with Crippen LogP contribution in [0.4, 0.5) is 5.69 Å². The smallest absolute Gasteiger partial charge is 0.338 e. The van der Waals surface area contributed by atoms with E-state index in [0.29, 0.717) is 30.9 Å². The molecule has 0 radical (unpaired) electrons. The Kier molecular flexibility index (Phi) is 6.99. The van der Waals surface area contributed by atoms with Gasteiger partial charge in [0.15, 0.2) is 13.2 Å². The number of anilines is 1. The van der Waals surface area contributed by atoms with Gasteiger partial charge in [-0.05, 0) is 35.7 Å². The van der Waals surface area contributed by atoms with Gasteiger partial charge in [-0.3, -0.25) is 9.59 Å². The van der Waals surface area contributed by atoms with Crippen LogP contribution >= 0.6 is 0 Å². The minimum atomic E-state index is -0.630. The molecule has 1 heterocycles. The van der Waals surface area contributed by atoms with Crippen molar-refractivity contribution in [2.75, 3.05) is 25.1 Å². The fourth-order valence-corrected chi connectivity index (χ4v) is 3.51. The standard InChI is InChI=1S/C26H24N2O5/c29-24-17-32-23-15-21(11-12-22(23)27-24)26(31)33-18-25(30)28(16-20-9-5-2-6-10-20)14-13-19-7-3-1-4-8-19/h1-12,15H,13-14,16-18H2,(H,27,29). The molecule has 0 aromatic heterocycles. The molecule has 0 bridgehead atoms. The van der Waals surface area contributed by atoms with Crippen LogP contribution in [0.2, 0.25) is 0 Å². The first kappa shape index (κ1) is 22.1. The number of ether oxygens (including phenoxy) is 2. The Hall–Kier alpha value is -4.13. The predicted molar refractivity (Wildman–Crippen MR) is 123 cm³/mol. The first-order valence-electron chi connectivity index (χ1n) is 10.7. The van der Waals surface area contributed by atoms with Gasteiger partial charge in [-0.1, -0.05) is 60.7 Å². The fourth-order valence-electron chi connectivity index (χ4n) is 3.51. The molecule has 3 aromatic carbocycles. The molecule has 1 N–H and O–H groups in total. The number of carbonyl (C=O) groups excluding carboxylic acids is 3. The first-order valence-corrected chi connectivity index (χ1v) is 10.7. The molecule has 1 aliphatic rings. The maximum Gasteiger partial charge on any atom is 0.338 e. The van der Waals surface area contributed by atoms with E-state index in [4.69, 9.17) is 9.47 Å². The topological polar surface area (TPSA) is 84.9 Å². The Labute approximate surface area is 191 Å². The molecule has 2 amide bonds. The molecule has 0 unspecified atom stereocenters. The van der Waals surface area contributed by atoms with Crippen molar-refractivity contribution in [3.8, 4) is 5.75 Å². The van der Waals surface area contributed by atoms with Crippen LogP contribution in [-0.4, -0.2) is 42.4 Å². The normalized spacial score (nSPS) is 12.2. The molecule has 1 aliphatic heterocycles. The minimum Gasteiger partial charge on any atom is -0.482 e. The van der Waals surface area contributed by atoms with Crippen molar-refractivity contribution >= 4 is 23.5 Å². The molecule has 0 saturated heterocycles. The third kappa shape index (κ3) is 5.98. The quantitative estimate of drug-likeness (QED) is 0.538. The zero-order valence-electron chi connectivity index (χ0n) is 18.0. The molecule has 0 spiro atoms. The molecule has 168 valence electrons. The highest BCUT2D eigenvalue weighted by atomic mass is 16.5. The molecule has 7 heteroatoms. The zero-order valence-corrected chi connectivity index (χ0v) is 18.0. The molecule has 4 rings (SSSR count). The number of amides is 2. The first-order chi connectivity index (χ1) is 16.1. The molecule has 0 fully saturated rings. The summed E-state index contributed by atoms with van der Waals surface area (Å²) in [5.41, 5.74) is 2.87. The lowest BCUT2D eigenvalue weighted by atomic mass is 10.1. The fraction of sp³-hybridized carbons (Fsp3) is 0.192. The van der Waals surface area contributed by atoms with Crippen molar-refractivity contribution < 1.29 is 23.9 Å². The van der Waals surface area contributed by atoms with Crippen molar-refractivity contribution in [2.24, 2.45) is 0 Å². The average molecular weight is 444 g/mol. The van der Waals surface area contributed by atoms with Gasteiger partial charge in [-0.15, -0.1) is 0 Å². The van der Waals surface area contributed by atoms with Gasteiger partial charge in [0.2, 0.25) is 0 Å². The van der Waals surface area contributed by atoms with E-state index in [9.17, 15) is 14.4 Å². The van der Waals surface area contributed by atoms with E-state index < -0.39 is 5.97 Å². The second-order valence-electron chi connectivity index (χ2n) is 7.66. The second-order valence-corrected chi connectivity index (χ2v) is 7.66. The summed E-state index contributed by atoms with van der Waals surface area (Å²) in [4.78, 5) is 38.6. The second kappa shape index (κ2) is 10.5. The van der Waals surface area contributed by atoms with Gasteiger partial charge in [0, 0.05) is 13.1 Å². The van der Waals surface area contributed by atoms with Crippen LogP contribution in [0.15, 0.2) is 78.9 Å². The van der Waals surface area contributed by atoms with E-state index in [2.05, 4.69) is 5.32 Å². The van der Waals surface area contributed by atoms with Gasteiger partial charge in [0.1, 0.15) is 5.75 Å². The summed E-state index contributed by atoms with van der Waals surface area (Å²) in [6, 6.07) is 24.2. The zero-order chi connectivity index (χ0) is 23.0. The number of nitrogens with zero attached hydrogens (tertiary/aromatic N) is 1. The summed E-state index contributed by atoms with van der Waals surface area (Å²) in [6.45, 7) is 0.451. The van der Waals surface area contributed by atoms with Gasteiger partial charge in [0.05, 0.1) is 11.3 Å². The highest BCUT2D eigenvalue weighted by Crippen LogP contribution is 2.28. The molecule has 0 atom stereocenters. The molecule has 3 aromatic rings.